The predicted molar refractivity (Wildman–Crippen MR) is 88.5 cm³/mol. The minimum atomic E-state index is -0.236. The van der Waals surface area contributed by atoms with E-state index in [0.717, 1.165) is 10.6 Å². The molecule has 0 spiro atoms. The van der Waals surface area contributed by atoms with E-state index in [1.807, 2.05) is 61.0 Å². The van der Waals surface area contributed by atoms with Gasteiger partial charge in [0.1, 0.15) is 0 Å². The number of rotatable bonds is 4. The number of nitrogens with zero attached hydrogens (tertiary/aromatic N) is 2. The smallest absolute Gasteiger partial charge is 0.319 e. The Labute approximate surface area is 132 Å². The lowest BCUT2D eigenvalue weighted by molar-refractivity contribution is 0.249. The maximum absolute atomic E-state index is 12.2. The number of nitrogens with one attached hydrogen (secondary N) is 2. The number of para-hydroxylation sites is 2. The van der Waals surface area contributed by atoms with Gasteiger partial charge in [-0.15, -0.1) is 11.3 Å². The minimum Gasteiger partial charge on any atom is -0.331 e. The summed E-state index contributed by atoms with van der Waals surface area (Å²) < 4.78 is 1.72. The Morgan fingerprint density at radius 2 is 2.09 bits per heavy atom. The van der Waals surface area contributed by atoms with Gasteiger partial charge in [-0.05, 0) is 36.6 Å². The second-order valence-corrected chi connectivity index (χ2v) is 5.78. The molecule has 5 nitrogen and oxygen atoms in total. The Balaban J connectivity index is 1.72. The number of benzene rings is 1. The second kappa shape index (κ2) is 6.44. The van der Waals surface area contributed by atoms with E-state index in [1.165, 1.54) is 0 Å². The summed E-state index contributed by atoms with van der Waals surface area (Å²) in [5.41, 5.74) is 1.54. The lowest BCUT2D eigenvalue weighted by atomic mass is 10.2. The van der Waals surface area contributed by atoms with Crippen LogP contribution in [0.15, 0.2) is 60.2 Å². The minimum absolute atomic E-state index is 0.0307. The highest BCUT2D eigenvalue weighted by atomic mass is 32.1. The first-order valence-corrected chi connectivity index (χ1v) is 7.82. The van der Waals surface area contributed by atoms with Gasteiger partial charge in [0.05, 0.1) is 17.4 Å². The number of amides is 2. The van der Waals surface area contributed by atoms with Gasteiger partial charge in [0.25, 0.3) is 0 Å². The third kappa shape index (κ3) is 3.17. The summed E-state index contributed by atoms with van der Waals surface area (Å²) in [5.74, 6) is 0. The first-order chi connectivity index (χ1) is 10.7. The van der Waals surface area contributed by atoms with Crippen molar-refractivity contribution in [3.05, 3.63) is 65.1 Å². The van der Waals surface area contributed by atoms with Crippen molar-refractivity contribution < 1.29 is 4.79 Å². The highest BCUT2D eigenvalue weighted by Gasteiger charge is 2.12. The van der Waals surface area contributed by atoms with Crippen LogP contribution in [0.2, 0.25) is 0 Å². The molecule has 3 rings (SSSR count). The van der Waals surface area contributed by atoms with Crippen LogP contribution in [0, 0.1) is 0 Å². The Hall–Kier alpha value is -2.60. The van der Waals surface area contributed by atoms with Gasteiger partial charge in [0.2, 0.25) is 0 Å². The van der Waals surface area contributed by atoms with E-state index < -0.39 is 0 Å². The van der Waals surface area contributed by atoms with Crippen LogP contribution in [0.1, 0.15) is 17.8 Å². The van der Waals surface area contributed by atoms with Crippen molar-refractivity contribution in [3.8, 4) is 5.69 Å². The maximum atomic E-state index is 12.2. The van der Waals surface area contributed by atoms with Gasteiger partial charge in [-0.3, -0.25) is 0 Å². The molecule has 0 saturated heterocycles. The van der Waals surface area contributed by atoms with Gasteiger partial charge >= 0.3 is 6.03 Å². The summed E-state index contributed by atoms with van der Waals surface area (Å²) in [6.07, 6.45) is 3.54. The van der Waals surface area contributed by atoms with Gasteiger partial charge in [-0.25, -0.2) is 9.48 Å². The van der Waals surface area contributed by atoms with E-state index in [9.17, 15) is 4.79 Å². The number of thiophene rings is 1. The second-order valence-electron chi connectivity index (χ2n) is 4.80. The van der Waals surface area contributed by atoms with Crippen molar-refractivity contribution in [2.45, 2.75) is 13.0 Å². The van der Waals surface area contributed by atoms with E-state index >= 15 is 0 Å². The van der Waals surface area contributed by atoms with Crippen LogP contribution in [0.5, 0.6) is 0 Å². The molecular formula is C16H16N4OS. The van der Waals surface area contributed by atoms with Crippen LogP contribution in [0.3, 0.4) is 0 Å². The van der Waals surface area contributed by atoms with Crippen LogP contribution in [-0.2, 0) is 0 Å². The fraction of sp³-hybridized carbons (Fsp3) is 0.125. The zero-order valence-corrected chi connectivity index (χ0v) is 12.9. The number of carbonyl (C=O) groups is 1. The first-order valence-electron chi connectivity index (χ1n) is 6.94. The summed E-state index contributed by atoms with van der Waals surface area (Å²) in [4.78, 5) is 13.3. The monoisotopic (exact) mass is 312 g/mol. The number of hydrogen-bond donors (Lipinski definition) is 2. The van der Waals surface area contributed by atoms with E-state index in [4.69, 9.17) is 0 Å². The number of hydrogen-bond acceptors (Lipinski definition) is 3. The zero-order chi connectivity index (χ0) is 15.4. The van der Waals surface area contributed by atoms with Crippen molar-refractivity contribution in [2.75, 3.05) is 5.32 Å². The SMILES string of the molecule is C[C@@H](NC(=O)Nc1ccccc1-n1cccn1)c1cccs1. The summed E-state index contributed by atoms with van der Waals surface area (Å²) in [6, 6.07) is 13.1. The molecule has 1 atom stereocenters. The fourth-order valence-electron chi connectivity index (χ4n) is 2.15. The van der Waals surface area contributed by atoms with Gasteiger partial charge in [0, 0.05) is 17.3 Å². The Morgan fingerprint density at radius 3 is 2.82 bits per heavy atom. The molecule has 2 amide bonds. The summed E-state index contributed by atoms with van der Waals surface area (Å²) in [5, 5.41) is 12.0. The molecule has 6 heteroatoms. The average molecular weight is 312 g/mol. The van der Waals surface area contributed by atoms with Crippen molar-refractivity contribution in [3.63, 3.8) is 0 Å². The zero-order valence-electron chi connectivity index (χ0n) is 12.1. The fourth-order valence-corrected chi connectivity index (χ4v) is 2.89. The molecule has 2 N–H and O–H groups in total. The molecule has 3 aromatic rings. The number of carbonyl (C=O) groups excluding carboxylic acids is 1. The maximum Gasteiger partial charge on any atom is 0.319 e. The van der Waals surface area contributed by atoms with Crippen LogP contribution in [0.25, 0.3) is 5.69 Å². The van der Waals surface area contributed by atoms with Crippen LogP contribution in [0.4, 0.5) is 10.5 Å². The molecule has 2 heterocycles. The lowest BCUT2D eigenvalue weighted by Crippen LogP contribution is -2.31. The normalized spacial score (nSPS) is 11.9. The molecule has 0 aliphatic heterocycles. The van der Waals surface area contributed by atoms with Gasteiger partial charge in [0.15, 0.2) is 0 Å². The predicted octanol–water partition coefficient (Wildman–Crippen LogP) is 3.82. The lowest BCUT2D eigenvalue weighted by Gasteiger charge is -2.15. The Kier molecular flexibility index (Phi) is 4.20. The van der Waals surface area contributed by atoms with Crippen molar-refractivity contribution in [2.24, 2.45) is 0 Å². The largest absolute Gasteiger partial charge is 0.331 e. The van der Waals surface area contributed by atoms with Crippen LogP contribution >= 0.6 is 11.3 Å². The topological polar surface area (TPSA) is 59.0 Å². The molecule has 0 fully saturated rings. The van der Waals surface area contributed by atoms with Gasteiger partial charge < -0.3 is 10.6 Å². The quantitative estimate of drug-likeness (QED) is 0.769. The standard InChI is InChI=1S/C16H16N4OS/c1-12(15-8-4-11-22-15)18-16(21)19-13-6-2-3-7-14(13)20-10-5-9-17-20/h2-12H,1H3,(H2,18,19,21)/t12-/m1/s1. The molecule has 0 bridgehead atoms. The van der Waals surface area contributed by atoms with Crippen molar-refractivity contribution in [1.29, 1.82) is 0 Å². The Morgan fingerprint density at radius 1 is 1.23 bits per heavy atom. The average Bonchev–Trinajstić information content (AvgIpc) is 3.21. The van der Waals surface area contributed by atoms with Crippen molar-refractivity contribution in [1.82, 2.24) is 15.1 Å². The van der Waals surface area contributed by atoms with Crippen LogP contribution in [-0.4, -0.2) is 15.8 Å². The third-order valence-corrected chi connectivity index (χ3v) is 4.28. The van der Waals surface area contributed by atoms with E-state index in [2.05, 4.69) is 15.7 Å². The molecule has 112 valence electrons. The van der Waals surface area contributed by atoms with Crippen molar-refractivity contribution >= 4 is 23.1 Å². The number of urea groups is 1. The molecular weight excluding hydrogens is 296 g/mol. The summed E-state index contributed by atoms with van der Waals surface area (Å²) >= 11 is 1.62. The number of aromatic nitrogens is 2. The van der Waals surface area contributed by atoms with E-state index in [0.29, 0.717) is 5.69 Å². The number of anilines is 1. The highest BCUT2D eigenvalue weighted by Crippen LogP contribution is 2.20. The van der Waals surface area contributed by atoms with Gasteiger partial charge in [-0.2, -0.15) is 5.10 Å². The third-order valence-electron chi connectivity index (χ3n) is 3.22. The first kappa shape index (κ1) is 14.3. The molecule has 0 unspecified atom stereocenters. The highest BCUT2D eigenvalue weighted by molar-refractivity contribution is 7.10. The molecule has 0 radical (unpaired) electrons. The molecule has 22 heavy (non-hydrogen) atoms. The van der Waals surface area contributed by atoms with Crippen LogP contribution < -0.4 is 10.6 Å². The molecule has 1 aromatic carbocycles. The van der Waals surface area contributed by atoms with E-state index in [-0.39, 0.29) is 12.1 Å². The molecule has 0 aliphatic carbocycles. The Bertz CT molecular complexity index is 737. The van der Waals surface area contributed by atoms with E-state index in [1.54, 1.807) is 22.2 Å². The summed E-state index contributed by atoms with van der Waals surface area (Å²) in [6.45, 7) is 1.96. The molecule has 2 aromatic heterocycles. The van der Waals surface area contributed by atoms with Gasteiger partial charge in [-0.1, -0.05) is 18.2 Å². The molecule has 0 aliphatic rings. The summed E-state index contributed by atoms with van der Waals surface area (Å²) in [7, 11) is 0. The molecule has 0 saturated carbocycles.